The summed E-state index contributed by atoms with van der Waals surface area (Å²) >= 11 is 0. The number of carbonyl (C=O) groups is 1. The summed E-state index contributed by atoms with van der Waals surface area (Å²) < 4.78 is 2.21. The molecule has 5 rings (SSSR count). The van der Waals surface area contributed by atoms with Crippen LogP contribution in [0.4, 0.5) is 0 Å². The summed E-state index contributed by atoms with van der Waals surface area (Å²) in [6.07, 6.45) is 8.68. The molecule has 3 aromatic heterocycles. The molecular weight excluding hydrogens is 362 g/mol. The summed E-state index contributed by atoms with van der Waals surface area (Å²) in [4.78, 5) is 19.6. The van der Waals surface area contributed by atoms with Crippen LogP contribution >= 0.6 is 0 Å². The topological polar surface area (TPSA) is 66.8 Å². The number of rotatable bonds is 4. The zero-order chi connectivity index (χ0) is 19.8. The molecule has 1 aliphatic rings. The van der Waals surface area contributed by atoms with Gasteiger partial charge in [-0.05, 0) is 43.5 Å². The molecule has 0 radical (unpaired) electrons. The number of amides is 1. The average molecular weight is 385 g/mol. The number of aromatic nitrogens is 4. The standard InChI is InChI=1S/C23H23N5O/c1-16-9-17(15-28(16)23(29)18-5-3-2-4-6-18)14-27-8-7-19-10-20(11-24-22(19)27)21-12-25-26-13-21/h2-8,10-13,16-17H,9,14-15H2,1H3,(H,25,26)/t16-,17-/m0/s1. The van der Waals surface area contributed by atoms with Crippen molar-refractivity contribution in [3.05, 3.63) is 72.8 Å². The van der Waals surface area contributed by atoms with Gasteiger partial charge in [-0.1, -0.05) is 18.2 Å². The van der Waals surface area contributed by atoms with E-state index >= 15 is 0 Å². The minimum Gasteiger partial charge on any atom is -0.336 e. The molecule has 0 unspecified atom stereocenters. The van der Waals surface area contributed by atoms with Crippen LogP contribution < -0.4 is 0 Å². The first-order valence-electron chi connectivity index (χ1n) is 9.99. The fraction of sp³-hybridized carbons (Fsp3) is 0.261. The van der Waals surface area contributed by atoms with E-state index in [9.17, 15) is 4.79 Å². The van der Waals surface area contributed by atoms with Crippen LogP contribution in [0.2, 0.25) is 0 Å². The van der Waals surface area contributed by atoms with Gasteiger partial charge >= 0.3 is 0 Å². The van der Waals surface area contributed by atoms with Crippen molar-refractivity contribution in [1.82, 2.24) is 24.6 Å². The number of pyridine rings is 1. The maximum absolute atomic E-state index is 12.9. The Balaban J connectivity index is 1.33. The van der Waals surface area contributed by atoms with Gasteiger partial charge in [-0.25, -0.2) is 4.98 Å². The van der Waals surface area contributed by atoms with Gasteiger partial charge in [0, 0.05) is 59.8 Å². The normalized spacial score (nSPS) is 19.1. The number of H-pyrrole nitrogens is 1. The molecule has 4 heterocycles. The van der Waals surface area contributed by atoms with Crippen LogP contribution in [-0.4, -0.2) is 43.1 Å². The van der Waals surface area contributed by atoms with Crippen LogP contribution in [0.15, 0.2) is 67.3 Å². The third kappa shape index (κ3) is 3.31. The zero-order valence-electron chi connectivity index (χ0n) is 16.3. The summed E-state index contributed by atoms with van der Waals surface area (Å²) in [5.74, 6) is 0.546. The van der Waals surface area contributed by atoms with Crippen molar-refractivity contribution in [3.63, 3.8) is 0 Å². The first-order valence-corrected chi connectivity index (χ1v) is 9.99. The fourth-order valence-electron chi connectivity index (χ4n) is 4.37. The first kappa shape index (κ1) is 17.7. The molecule has 1 N–H and O–H groups in total. The van der Waals surface area contributed by atoms with Crippen LogP contribution in [0.3, 0.4) is 0 Å². The van der Waals surface area contributed by atoms with Crippen LogP contribution in [0.1, 0.15) is 23.7 Å². The maximum Gasteiger partial charge on any atom is 0.254 e. The lowest BCUT2D eigenvalue weighted by Gasteiger charge is -2.21. The number of benzene rings is 1. The lowest BCUT2D eigenvalue weighted by Crippen LogP contribution is -2.34. The predicted octanol–water partition coefficient (Wildman–Crippen LogP) is 3.98. The van der Waals surface area contributed by atoms with E-state index in [2.05, 4.69) is 40.0 Å². The lowest BCUT2D eigenvalue weighted by molar-refractivity contribution is 0.0742. The molecule has 6 heteroatoms. The largest absolute Gasteiger partial charge is 0.336 e. The van der Waals surface area contributed by atoms with Gasteiger partial charge in [0.15, 0.2) is 0 Å². The van der Waals surface area contributed by atoms with Crippen LogP contribution in [-0.2, 0) is 6.54 Å². The summed E-state index contributed by atoms with van der Waals surface area (Å²) in [5.41, 5.74) is 3.84. The molecule has 6 nitrogen and oxygen atoms in total. The molecule has 0 spiro atoms. The molecule has 146 valence electrons. The van der Waals surface area contributed by atoms with Crippen molar-refractivity contribution in [3.8, 4) is 11.1 Å². The quantitative estimate of drug-likeness (QED) is 0.578. The van der Waals surface area contributed by atoms with E-state index < -0.39 is 0 Å². The SMILES string of the molecule is C[C@H]1C[C@@H](Cn2ccc3cc(-c4cn[nH]c4)cnc32)CN1C(=O)c1ccccc1. The van der Waals surface area contributed by atoms with Crippen molar-refractivity contribution in [2.24, 2.45) is 5.92 Å². The van der Waals surface area contributed by atoms with E-state index in [4.69, 9.17) is 4.98 Å². The zero-order valence-corrected chi connectivity index (χ0v) is 16.3. The maximum atomic E-state index is 12.9. The first-order chi connectivity index (χ1) is 14.2. The van der Waals surface area contributed by atoms with Crippen molar-refractivity contribution in [2.45, 2.75) is 25.9 Å². The van der Waals surface area contributed by atoms with Crippen LogP contribution in [0, 0.1) is 5.92 Å². The number of nitrogens with zero attached hydrogens (tertiary/aromatic N) is 4. The minimum atomic E-state index is 0.126. The second-order valence-electron chi connectivity index (χ2n) is 7.87. The van der Waals surface area contributed by atoms with E-state index in [1.165, 1.54) is 0 Å². The highest BCUT2D eigenvalue weighted by molar-refractivity contribution is 5.94. The molecule has 1 aliphatic heterocycles. The Kier molecular flexibility index (Phi) is 4.39. The monoisotopic (exact) mass is 385 g/mol. The summed E-state index contributed by atoms with van der Waals surface area (Å²) in [7, 11) is 0. The van der Waals surface area contributed by atoms with Gasteiger partial charge in [-0.2, -0.15) is 5.10 Å². The second kappa shape index (κ2) is 7.20. The van der Waals surface area contributed by atoms with E-state index in [0.29, 0.717) is 5.92 Å². The van der Waals surface area contributed by atoms with Gasteiger partial charge in [-0.3, -0.25) is 9.89 Å². The highest BCUT2D eigenvalue weighted by atomic mass is 16.2. The molecule has 1 saturated heterocycles. The molecule has 4 aromatic rings. The van der Waals surface area contributed by atoms with Gasteiger partial charge in [0.1, 0.15) is 5.65 Å². The van der Waals surface area contributed by atoms with E-state index in [1.807, 2.05) is 47.6 Å². The van der Waals surface area contributed by atoms with Crippen molar-refractivity contribution < 1.29 is 4.79 Å². The third-order valence-corrected chi connectivity index (χ3v) is 5.83. The van der Waals surface area contributed by atoms with Crippen LogP contribution in [0.5, 0.6) is 0 Å². The molecule has 0 saturated carbocycles. The van der Waals surface area contributed by atoms with Crippen LogP contribution in [0.25, 0.3) is 22.2 Å². The number of likely N-dealkylation sites (tertiary alicyclic amines) is 1. The van der Waals surface area contributed by atoms with Gasteiger partial charge in [-0.15, -0.1) is 0 Å². The molecule has 1 amide bonds. The lowest BCUT2D eigenvalue weighted by atomic mass is 10.1. The van der Waals surface area contributed by atoms with Crippen molar-refractivity contribution in [2.75, 3.05) is 6.54 Å². The Morgan fingerprint density at radius 2 is 2.03 bits per heavy atom. The van der Waals surface area contributed by atoms with Crippen molar-refractivity contribution in [1.29, 1.82) is 0 Å². The number of carbonyl (C=O) groups excluding carboxylic acids is 1. The summed E-state index contributed by atoms with van der Waals surface area (Å²) in [6, 6.07) is 14.1. The molecule has 29 heavy (non-hydrogen) atoms. The van der Waals surface area contributed by atoms with Crippen molar-refractivity contribution >= 4 is 16.9 Å². The van der Waals surface area contributed by atoms with E-state index in [-0.39, 0.29) is 11.9 Å². The molecule has 0 aliphatic carbocycles. The Labute approximate surface area is 169 Å². The van der Waals surface area contributed by atoms with E-state index in [0.717, 1.165) is 47.2 Å². The molecule has 0 bridgehead atoms. The highest BCUT2D eigenvalue weighted by Gasteiger charge is 2.33. The predicted molar refractivity (Wildman–Crippen MR) is 112 cm³/mol. The molecule has 2 atom stereocenters. The Morgan fingerprint density at radius 1 is 1.17 bits per heavy atom. The van der Waals surface area contributed by atoms with E-state index in [1.54, 1.807) is 6.20 Å². The Hall–Kier alpha value is -3.41. The Bertz CT molecular complexity index is 1130. The third-order valence-electron chi connectivity index (χ3n) is 5.83. The number of aromatic amines is 1. The van der Waals surface area contributed by atoms with Gasteiger partial charge in [0.25, 0.3) is 5.91 Å². The summed E-state index contributed by atoms with van der Waals surface area (Å²) in [5, 5.41) is 7.97. The molecule has 1 fully saturated rings. The smallest absolute Gasteiger partial charge is 0.254 e. The molecular formula is C23H23N5O. The Morgan fingerprint density at radius 3 is 2.83 bits per heavy atom. The summed E-state index contributed by atoms with van der Waals surface area (Å²) in [6.45, 7) is 3.79. The highest BCUT2D eigenvalue weighted by Crippen LogP contribution is 2.28. The van der Waals surface area contributed by atoms with Gasteiger partial charge < -0.3 is 9.47 Å². The fourth-order valence-corrected chi connectivity index (χ4v) is 4.37. The number of hydrogen-bond donors (Lipinski definition) is 1. The van der Waals surface area contributed by atoms with Gasteiger partial charge in [0.05, 0.1) is 6.20 Å². The number of nitrogens with one attached hydrogen (secondary N) is 1. The molecule has 1 aromatic carbocycles. The number of fused-ring (bicyclic) bond motifs is 1. The minimum absolute atomic E-state index is 0.126. The number of hydrogen-bond acceptors (Lipinski definition) is 3. The van der Waals surface area contributed by atoms with Gasteiger partial charge in [0.2, 0.25) is 0 Å². The average Bonchev–Trinajstić information content (AvgIpc) is 3.49. The second-order valence-corrected chi connectivity index (χ2v) is 7.87.